The summed E-state index contributed by atoms with van der Waals surface area (Å²) in [6.07, 6.45) is 0. The standard InChI is InChI=1S/C15H14BrN3OS/c1-19-15(17)12(9-5-3-4-6-11(9)20-2)13(18-19)14-10(16)7-8-21-14/h3-8H,17H2,1-2H3. The van der Waals surface area contributed by atoms with Crippen molar-refractivity contribution in [2.45, 2.75) is 0 Å². The minimum Gasteiger partial charge on any atom is -0.496 e. The number of aryl methyl sites for hydroxylation is 1. The Bertz CT molecular complexity index is 794. The van der Waals surface area contributed by atoms with Gasteiger partial charge < -0.3 is 10.5 Å². The molecule has 0 aliphatic rings. The van der Waals surface area contributed by atoms with Crippen LogP contribution in [0.3, 0.4) is 0 Å². The van der Waals surface area contributed by atoms with Gasteiger partial charge in [0.25, 0.3) is 0 Å². The fourth-order valence-electron chi connectivity index (χ4n) is 2.28. The van der Waals surface area contributed by atoms with Crippen LogP contribution in [0.25, 0.3) is 21.7 Å². The molecular formula is C15H14BrN3OS. The molecule has 2 N–H and O–H groups in total. The van der Waals surface area contributed by atoms with Crippen LogP contribution in [0, 0.1) is 0 Å². The van der Waals surface area contributed by atoms with Crippen molar-refractivity contribution < 1.29 is 4.74 Å². The number of benzene rings is 1. The molecule has 3 aromatic rings. The van der Waals surface area contributed by atoms with Crippen LogP contribution >= 0.6 is 27.3 Å². The van der Waals surface area contributed by atoms with Crippen molar-refractivity contribution in [2.24, 2.45) is 7.05 Å². The van der Waals surface area contributed by atoms with Crippen LogP contribution in [0.2, 0.25) is 0 Å². The molecule has 0 saturated heterocycles. The summed E-state index contributed by atoms with van der Waals surface area (Å²) in [5, 5.41) is 6.61. The van der Waals surface area contributed by atoms with Crippen LogP contribution in [0.1, 0.15) is 0 Å². The molecule has 0 unspecified atom stereocenters. The van der Waals surface area contributed by atoms with Gasteiger partial charge in [0.1, 0.15) is 17.3 Å². The zero-order valence-electron chi connectivity index (χ0n) is 11.6. The molecule has 0 fully saturated rings. The number of nitrogens with two attached hydrogens (primary N) is 1. The number of thiophene rings is 1. The first kappa shape index (κ1) is 14.2. The maximum absolute atomic E-state index is 6.25. The van der Waals surface area contributed by atoms with Gasteiger partial charge in [-0.3, -0.25) is 4.68 Å². The number of methoxy groups -OCH3 is 1. The second-order valence-corrected chi connectivity index (χ2v) is 6.30. The Kier molecular flexibility index (Phi) is 3.73. The first-order valence-electron chi connectivity index (χ1n) is 6.32. The summed E-state index contributed by atoms with van der Waals surface area (Å²) in [5.41, 5.74) is 8.96. The lowest BCUT2D eigenvalue weighted by atomic mass is 10.0. The normalized spacial score (nSPS) is 10.8. The number of halogens is 1. The smallest absolute Gasteiger partial charge is 0.130 e. The maximum Gasteiger partial charge on any atom is 0.130 e. The molecule has 0 atom stereocenters. The molecule has 4 nitrogen and oxygen atoms in total. The fourth-order valence-corrected chi connectivity index (χ4v) is 3.83. The van der Waals surface area contributed by atoms with Crippen molar-refractivity contribution in [1.82, 2.24) is 9.78 Å². The zero-order chi connectivity index (χ0) is 15.0. The van der Waals surface area contributed by atoms with Crippen molar-refractivity contribution in [3.05, 3.63) is 40.2 Å². The van der Waals surface area contributed by atoms with E-state index in [0.29, 0.717) is 5.82 Å². The summed E-state index contributed by atoms with van der Waals surface area (Å²) in [6, 6.07) is 9.84. The fraction of sp³-hybridized carbons (Fsp3) is 0.133. The highest BCUT2D eigenvalue weighted by Gasteiger charge is 2.22. The highest BCUT2D eigenvalue weighted by Crippen LogP contribution is 2.44. The van der Waals surface area contributed by atoms with Gasteiger partial charge in [0, 0.05) is 17.1 Å². The number of ether oxygens (including phenoxy) is 1. The zero-order valence-corrected chi connectivity index (χ0v) is 14.0. The van der Waals surface area contributed by atoms with E-state index in [-0.39, 0.29) is 0 Å². The number of aromatic nitrogens is 2. The number of hydrogen-bond donors (Lipinski definition) is 1. The largest absolute Gasteiger partial charge is 0.496 e. The molecule has 6 heteroatoms. The summed E-state index contributed by atoms with van der Waals surface area (Å²) < 4.78 is 8.18. The minimum atomic E-state index is 0.620. The number of hydrogen-bond acceptors (Lipinski definition) is 4. The SMILES string of the molecule is COc1ccccc1-c1c(-c2sccc2Br)nn(C)c1N. The highest BCUT2D eigenvalue weighted by molar-refractivity contribution is 9.10. The lowest BCUT2D eigenvalue weighted by Gasteiger charge is -2.09. The van der Waals surface area contributed by atoms with Gasteiger partial charge in [-0.05, 0) is 33.4 Å². The Morgan fingerprint density at radius 1 is 1.29 bits per heavy atom. The molecule has 3 rings (SSSR count). The van der Waals surface area contributed by atoms with Crippen LogP contribution in [0.15, 0.2) is 40.2 Å². The van der Waals surface area contributed by atoms with E-state index in [4.69, 9.17) is 10.5 Å². The van der Waals surface area contributed by atoms with E-state index < -0.39 is 0 Å². The first-order chi connectivity index (χ1) is 10.1. The minimum absolute atomic E-state index is 0.620. The van der Waals surface area contributed by atoms with Crippen LogP contribution in [-0.4, -0.2) is 16.9 Å². The summed E-state index contributed by atoms with van der Waals surface area (Å²) in [7, 11) is 3.51. The third-order valence-corrected chi connectivity index (χ3v) is 5.14. The average molecular weight is 364 g/mol. The second-order valence-electron chi connectivity index (χ2n) is 4.53. The van der Waals surface area contributed by atoms with E-state index in [1.165, 1.54) is 0 Å². The first-order valence-corrected chi connectivity index (χ1v) is 8.00. The topological polar surface area (TPSA) is 53.1 Å². The van der Waals surface area contributed by atoms with Crippen molar-refractivity contribution >= 4 is 33.1 Å². The molecule has 108 valence electrons. The van der Waals surface area contributed by atoms with Gasteiger partial charge >= 0.3 is 0 Å². The number of rotatable bonds is 3. The van der Waals surface area contributed by atoms with E-state index in [1.54, 1.807) is 23.1 Å². The third kappa shape index (κ3) is 2.34. The van der Waals surface area contributed by atoms with Gasteiger partial charge in [0.15, 0.2) is 0 Å². The molecule has 21 heavy (non-hydrogen) atoms. The predicted molar refractivity (Wildman–Crippen MR) is 90.6 cm³/mol. The van der Waals surface area contributed by atoms with E-state index in [2.05, 4.69) is 21.0 Å². The van der Waals surface area contributed by atoms with Gasteiger partial charge in [-0.2, -0.15) is 5.10 Å². The van der Waals surface area contributed by atoms with Crippen molar-refractivity contribution in [3.63, 3.8) is 0 Å². The van der Waals surface area contributed by atoms with Crippen molar-refractivity contribution in [1.29, 1.82) is 0 Å². The Morgan fingerprint density at radius 3 is 2.71 bits per heavy atom. The quantitative estimate of drug-likeness (QED) is 0.759. The molecule has 0 aliphatic carbocycles. The number of para-hydroxylation sites is 1. The molecule has 2 heterocycles. The summed E-state index contributed by atoms with van der Waals surface area (Å²) in [5.74, 6) is 1.40. The highest BCUT2D eigenvalue weighted by atomic mass is 79.9. The van der Waals surface area contributed by atoms with Gasteiger partial charge in [-0.1, -0.05) is 18.2 Å². The van der Waals surface area contributed by atoms with Gasteiger partial charge in [0.05, 0.1) is 17.6 Å². The Hall–Kier alpha value is -1.79. The monoisotopic (exact) mass is 363 g/mol. The van der Waals surface area contributed by atoms with E-state index in [0.717, 1.165) is 31.9 Å². The maximum atomic E-state index is 6.25. The van der Waals surface area contributed by atoms with Crippen LogP contribution < -0.4 is 10.5 Å². The Labute approximate surface area is 135 Å². The molecule has 0 amide bonds. The molecule has 2 aromatic heterocycles. The van der Waals surface area contributed by atoms with E-state index in [1.807, 2.05) is 42.8 Å². The number of nitrogens with zero attached hydrogens (tertiary/aromatic N) is 2. The molecule has 0 aliphatic heterocycles. The molecule has 0 spiro atoms. The Morgan fingerprint density at radius 2 is 2.05 bits per heavy atom. The van der Waals surface area contributed by atoms with E-state index >= 15 is 0 Å². The average Bonchev–Trinajstić information content (AvgIpc) is 3.03. The Balaban J connectivity index is 2.30. The second kappa shape index (κ2) is 5.54. The molecule has 0 bridgehead atoms. The third-order valence-electron chi connectivity index (χ3n) is 3.30. The lowest BCUT2D eigenvalue weighted by molar-refractivity contribution is 0.416. The van der Waals surface area contributed by atoms with Crippen LogP contribution in [0.4, 0.5) is 5.82 Å². The molecular weight excluding hydrogens is 350 g/mol. The molecule has 1 aromatic carbocycles. The number of anilines is 1. The molecule has 0 radical (unpaired) electrons. The van der Waals surface area contributed by atoms with Crippen LogP contribution in [0.5, 0.6) is 5.75 Å². The van der Waals surface area contributed by atoms with Gasteiger partial charge in [0.2, 0.25) is 0 Å². The summed E-state index contributed by atoms with van der Waals surface area (Å²) in [6.45, 7) is 0. The van der Waals surface area contributed by atoms with Crippen LogP contribution in [-0.2, 0) is 7.05 Å². The lowest BCUT2D eigenvalue weighted by Crippen LogP contribution is -1.98. The van der Waals surface area contributed by atoms with E-state index in [9.17, 15) is 0 Å². The number of nitrogen functional groups attached to an aromatic ring is 1. The predicted octanol–water partition coefficient (Wildman–Crippen LogP) is 4.17. The summed E-state index contributed by atoms with van der Waals surface area (Å²) >= 11 is 5.20. The van der Waals surface area contributed by atoms with Crippen molar-refractivity contribution in [3.8, 4) is 27.4 Å². The van der Waals surface area contributed by atoms with Gasteiger partial charge in [-0.25, -0.2) is 0 Å². The molecule has 0 saturated carbocycles. The van der Waals surface area contributed by atoms with Crippen molar-refractivity contribution in [2.75, 3.05) is 12.8 Å². The van der Waals surface area contributed by atoms with Gasteiger partial charge in [-0.15, -0.1) is 11.3 Å². The summed E-state index contributed by atoms with van der Waals surface area (Å²) in [4.78, 5) is 1.06.